The summed E-state index contributed by atoms with van der Waals surface area (Å²) in [6, 6.07) is 4.58. The maximum atomic E-state index is 13.9. The third-order valence-electron chi connectivity index (χ3n) is 4.59. The number of nitrogens with one attached hydrogen (secondary N) is 2. The molecule has 0 spiro atoms. The van der Waals surface area contributed by atoms with Gasteiger partial charge >= 0.3 is 12.1 Å². The number of hydrogen-bond acceptors (Lipinski definition) is 4. The van der Waals surface area contributed by atoms with E-state index in [9.17, 15) is 14.0 Å². The van der Waals surface area contributed by atoms with Crippen molar-refractivity contribution in [1.82, 2.24) is 15.5 Å². The van der Waals surface area contributed by atoms with Gasteiger partial charge in [-0.1, -0.05) is 12.1 Å². The fraction of sp³-hybridized carbons (Fsp3) is 0.529. The van der Waals surface area contributed by atoms with E-state index in [1.807, 2.05) is 6.07 Å². The van der Waals surface area contributed by atoms with Crippen molar-refractivity contribution in [3.63, 3.8) is 0 Å². The van der Waals surface area contributed by atoms with Crippen molar-refractivity contribution in [1.29, 1.82) is 0 Å². The standard InChI is InChI=1S/C17H22FN3O3S/c1-24-17(23)21-8-5-11(6-9-21)19-16(22)20-14-7-10-25-15-12(14)3-2-4-13(15)18/h2-4,11,14H,5-10H2,1H3,(H2,19,20,22). The Bertz CT molecular complexity index is 650. The number of nitrogens with zero attached hydrogens (tertiary/aromatic N) is 1. The van der Waals surface area contributed by atoms with Crippen LogP contribution in [0.2, 0.25) is 0 Å². The number of fused-ring (bicyclic) bond motifs is 1. The lowest BCUT2D eigenvalue weighted by molar-refractivity contribution is 0.110. The molecule has 3 amide bonds. The molecule has 6 nitrogen and oxygen atoms in total. The van der Waals surface area contributed by atoms with Crippen molar-refractivity contribution < 1.29 is 18.7 Å². The number of ether oxygens (including phenoxy) is 1. The molecule has 1 atom stereocenters. The maximum Gasteiger partial charge on any atom is 0.409 e. The van der Waals surface area contributed by atoms with E-state index < -0.39 is 0 Å². The van der Waals surface area contributed by atoms with Gasteiger partial charge in [-0.3, -0.25) is 0 Å². The van der Waals surface area contributed by atoms with Crippen LogP contribution in [0.1, 0.15) is 30.9 Å². The Labute approximate surface area is 150 Å². The van der Waals surface area contributed by atoms with Gasteiger partial charge in [0.15, 0.2) is 0 Å². The minimum absolute atomic E-state index is 0.0193. The van der Waals surface area contributed by atoms with E-state index in [1.54, 1.807) is 11.0 Å². The zero-order valence-electron chi connectivity index (χ0n) is 14.1. The van der Waals surface area contributed by atoms with Gasteiger partial charge in [0.1, 0.15) is 5.82 Å². The van der Waals surface area contributed by atoms with Crippen LogP contribution < -0.4 is 10.6 Å². The van der Waals surface area contributed by atoms with Gasteiger partial charge in [-0.2, -0.15) is 0 Å². The monoisotopic (exact) mass is 367 g/mol. The molecule has 0 radical (unpaired) electrons. The molecule has 1 unspecified atom stereocenters. The van der Waals surface area contributed by atoms with Crippen molar-refractivity contribution in [2.24, 2.45) is 0 Å². The summed E-state index contributed by atoms with van der Waals surface area (Å²) in [5.41, 5.74) is 0.840. The van der Waals surface area contributed by atoms with Crippen molar-refractivity contribution in [2.45, 2.75) is 36.2 Å². The van der Waals surface area contributed by atoms with E-state index in [4.69, 9.17) is 4.74 Å². The smallest absolute Gasteiger partial charge is 0.409 e. The lowest BCUT2D eigenvalue weighted by atomic mass is 10.0. The number of likely N-dealkylation sites (tertiary alicyclic amines) is 1. The Kier molecular flexibility index (Phi) is 5.67. The minimum Gasteiger partial charge on any atom is -0.453 e. The summed E-state index contributed by atoms with van der Waals surface area (Å²) in [6.07, 6.45) is 1.82. The van der Waals surface area contributed by atoms with Crippen LogP contribution in [-0.4, -0.2) is 49.0 Å². The van der Waals surface area contributed by atoms with E-state index in [1.165, 1.54) is 24.9 Å². The Balaban J connectivity index is 1.53. The molecule has 1 aromatic carbocycles. The number of piperidine rings is 1. The summed E-state index contributed by atoms with van der Waals surface area (Å²) in [5.74, 6) is 0.542. The molecule has 0 bridgehead atoms. The van der Waals surface area contributed by atoms with Crippen LogP contribution in [0.3, 0.4) is 0 Å². The van der Waals surface area contributed by atoms with Gasteiger partial charge in [0.05, 0.1) is 13.2 Å². The van der Waals surface area contributed by atoms with E-state index in [0.717, 1.165) is 17.7 Å². The highest BCUT2D eigenvalue weighted by Crippen LogP contribution is 2.37. The second-order valence-corrected chi connectivity index (χ2v) is 7.30. The van der Waals surface area contributed by atoms with E-state index >= 15 is 0 Å². The van der Waals surface area contributed by atoms with Crippen LogP contribution in [0.15, 0.2) is 23.1 Å². The first-order valence-corrected chi connectivity index (χ1v) is 9.38. The van der Waals surface area contributed by atoms with Crippen LogP contribution in [0.4, 0.5) is 14.0 Å². The molecular formula is C17H22FN3O3S. The molecule has 2 heterocycles. The molecular weight excluding hydrogens is 345 g/mol. The van der Waals surface area contributed by atoms with Crippen LogP contribution in [0.5, 0.6) is 0 Å². The number of rotatable bonds is 2. The number of benzene rings is 1. The Hall–Kier alpha value is -1.96. The maximum absolute atomic E-state index is 13.9. The molecule has 8 heteroatoms. The van der Waals surface area contributed by atoms with Crippen LogP contribution in [0, 0.1) is 5.82 Å². The lowest BCUT2D eigenvalue weighted by Crippen LogP contribution is -2.49. The largest absolute Gasteiger partial charge is 0.453 e. The van der Waals surface area contributed by atoms with Crippen molar-refractivity contribution in [2.75, 3.05) is 26.0 Å². The molecule has 1 saturated heterocycles. The predicted octanol–water partition coefficient (Wildman–Crippen LogP) is 2.89. The van der Waals surface area contributed by atoms with Gasteiger partial charge in [-0.25, -0.2) is 14.0 Å². The number of hydrogen-bond donors (Lipinski definition) is 2. The Morgan fingerprint density at radius 2 is 2.00 bits per heavy atom. The zero-order valence-corrected chi connectivity index (χ0v) is 14.9. The van der Waals surface area contributed by atoms with Crippen molar-refractivity contribution in [3.8, 4) is 0 Å². The first-order chi connectivity index (χ1) is 12.1. The summed E-state index contributed by atoms with van der Waals surface area (Å²) < 4.78 is 18.6. The van der Waals surface area contributed by atoms with Crippen LogP contribution in [-0.2, 0) is 4.74 Å². The first kappa shape index (κ1) is 17.8. The van der Waals surface area contributed by atoms with E-state index in [2.05, 4.69) is 10.6 Å². The van der Waals surface area contributed by atoms with Crippen LogP contribution >= 0.6 is 11.8 Å². The number of thioether (sulfide) groups is 1. The molecule has 0 saturated carbocycles. The Morgan fingerprint density at radius 1 is 1.24 bits per heavy atom. The van der Waals surface area contributed by atoms with Gasteiger partial charge in [0.2, 0.25) is 0 Å². The number of amides is 3. The first-order valence-electron chi connectivity index (χ1n) is 8.39. The fourth-order valence-electron chi connectivity index (χ4n) is 3.26. The SMILES string of the molecule is COC(=O)N1CCC(NC(=O)NC2CCSc3c(F)cccc32)CC1. The third-order valence-corrected chi connectivity index (χ3v) is 5.75. The van der Waals surface area contributed by atoms with Crippen molar-refractivity contribution >= 4 is 23.9 Å². The summed E-state index contributed by atoms with van der Waals surface area (Å²) in [7, 11) is 1.36. The van der Waals surface area contributed by atoms with Gasteiger partial charge in [0.25, 0.3) is 0 Å². The predicted molar refractivity (Wildman–Crippen MR) is 93.1 cm³/mol. The third kappa shape index (κ3) is 4.18. The highest BCUT2D eigenvalue weighted by atomic mass is 32.2. The summed E-state index contributed by atoms with van der Waals surface area (Å²) in [4.78, 5) is 26.1. The average molecular weight is 367 g/mol. The molecule has 0 aromatic heterocycles. The quantitative estimate of drug-likeness (QED) is 0.843. The second kappa shape index (κ2) is 7.95. The number of carbonyl (C=O) groups excluding carboxylic acids is 2. The molecule has 2 N–H and O–H groups in total. The molecule has 2 aliphatic heterocycles. The van der Waals surface area contributed by atoms with Crippen LogP contribution in [0.25, 0.3) is 0 Å². The molecule has 25 heavy (non-hydrogen) atoms. The second-order valence-electron chi connectivity index (χ2n) is 6.20. The number of carbonyl (C=O) groups is 2. The fourth-order valence-corrected chi connectivity index (χ4v) is 4.40. The molecule has 0 aliphatic carbocycles. The topological polar surface area (TPSA) is 70.7 Å². The van der Waals surface area contributed by atoms with E-state index in [-0.39, 0.29) is 30.0 Å². The summed E-state index contributed by atoms with van der Waals surface area (Å²) in [6.45, 7) is 1.12. The van der Waals surface area contributed by atoms with Crippen molar-refractivity contribution in [3.05, 3.63) is 29.6 Å². The molecule has 2 aliphatic rings. The summed E-state index contributed by atoms with van der Waals surface area (Å²) >= 11 is 1.49. The van der Waals surface area contributed by atoms with Gasteiger partial charge < -0.3 is 20.3 Å². The van der Waals surface area contributed by atoms with Gasteiger partial charge in [-0.15, -0.1) is 11.8 Å². The summed E-state index contributed by atoms with van der Waals surface area (Å²) in [5, 5.41) is 5.92. The minimum atomic E-state index is -0.332. The molecule has 3 rings (SSSR count). The lowest BCUT2D eigenvalue weighted by Gasteiger charge is -2.32. The Morgan fingerprint density at radius 3 is 2.72 bits per heavy atom. The number of halogens is 1. The average Bonchev–Trinajstić information content (AvgIpc) is 2.62. The number of urea groups is 1. The molecule has 1 fully saturated rings. The molecule has 136 valence electrons. The normalized spacial score (nSPS) is 20.6. The number of methoxy groups -OCH3 is 1. The highest BCUT2D eigenvalue weighted by molar-refractivity contribution is 7.99. The zero-order chi connectivity index (χ0) is 17.8. The van der Waals surface area contributed by atoms with Gasteiger partial charge in [0, 0.05) is 29.8 Å². The highest BCUT2D eigenvalue weighted by Gasteiger charge is 2.27. The molecule has 1 aromatic rings. The van der Waals surface area contributed by atoms with E-state index in [0.29, 0.717) is 30.8 Å². The van der Waals surface area contributed by atoms with Gasteiger partial charge in [-0.05, 0) is 30.9 Å².